The first kappa shape index (κ1) is 17.3. The van der Waals surface area contributed by atoms with Crippen LogP contribution < -0.4 is 4.90 Å². The summed E-state index contributed by atoms with van der Waals surface area (Å²) in [5, 5.41) is 4.05. The summed E-state index contributed by atoms with van der Waals surface area (Å²) in [4.78, 5) is 15.1. The van der Waals surface area contributed by atoms with Gasteiger partial charge in [-0.05, 0) is 60.0 Å². The third-order valence-corrected chi connectivity index (χ3v) is 4.62. The predicted molar refractivity (Wildman–Crippen MR) is 106 cm³/mol. The molecule has 0 bridgehead atoms. The fourth-order valence-corrected chi connectivity index (χ4v) is 3.32. The van der Waals surface area contributed by atoms with Crippen LogP contribution in [0.5, 0.6) is 0 Å². The van der Waals surface area contributed by atoms with E-state index in [9.17, 15) is 4.79 Å². The van der Waals surface area contributed by atoms with Crippen LogP contribution in [-0.4, -0.2) is 25.7 Å². The highest BCUT2D eigenvalue weighted by Gasteiger charge is 2.17. The van der Waals surface area contributed by atoms with Crippen molar-refractivity contribution in [1.82, 2.24) is 0 Å². The maximum absolute atomic E-state index is 12.8. The van der Waals surface area contributed by atoms with Crippen molar-refractivity contribution in [3.63, 3.8) is 0 Å². The van der Waals surface area contributed by atoms with Gasteiger partial charge in [-0.25, -0.2) is 4.79 Å². The van der Waals surface area contributed by atoms with Gasteiger partial charge in [0.15, 0.2) is 0 Å². The average molecular weight is 335 g/mol. The summed E-state index contributed by atoms with van der Waals surface area (Å²) in [7, 11) is 0. The van der Waals surface area contributed by atoms with Crippen molar-refractivity contribution in [3.8, 4) is 0 Å². The zero-order valence-corrected chi connectivity index (χ0v) is 15.2. The van der Waals surface area contributed by atoms with Crippen molar-refractivity contribution < 1.29 is 9.53 Å². The van der Waals surface area contributed by atoms with E-state index in [-0.39, 0.29) is 5.97 Å². The van der Waals surface area contributed by atoms with Gasteiger partial charge in [0.25, 0.3) is 0 Å². The van der Waals surface area contributed by atoms with E-state index in [0.717, 1.165) is 46.7 Å². The number of hydrogen-bond acceptors (Lipinski definition) is 3. The van der Waals surface area contributed by atoms with E-state index in [4.69, 9.17) is 4.74 Å². The van der Waals surface area contributed by atoms with Crippen LogP contribution in [0.3, 0.4) is 0 Å². The van der Waals surface area contributed by atoms with Crippen LogP contribution in [0, 0.1) is 0 Å². The van der Waals surface area contributed by atoms with E-state index in [1.807, 2.05) is 31.2 Å². The highest BCUT2D eigenvalue weighted by Crippen LogP contribution is 2.32. The minimum absolute atomic E-state index is 0.236. The molecule has 0 atom stereocenters. The number of fused-ring (bicyclic) bond motifs is 2. The second-order valence-corrected chi connectivity index (χ2v) is 6.19. The van der Waals surface area contributed by atoms with Crippen LogP contribution in [-0.2, 0) is 4.74 Å². The number of carbonyl (C=O) groups is 1. The molecule has 130 valence electrons. The molecular weight excluding hydrogens is 310 g/mol. The van der Waals surface area contributed by atoms with Crippen molar-refractivity contribution in [2.45, 2.75) is 27.2 Å². The Balaban J connectivity index is 2.27. The summed E-state index contributed by atoms with van der Waals surface area (Å²) in [6, 6.07) is 16.5. The number of rotatable bonds is 6. The minimum Gasteiger partial charge on any atom is -0.462 e. The average Bonchev–Trinajstić information content (AvgIpc) is 2.65. The van der Waals surface area contributed by atoms with Crippen LogP contribution in [0.15, 0.2) is 48.5 Å². The first-order valence-corrected chi connectivity index (χ1v) is 9.07. The number of hydrogen-bond donors (Lipinski definition) is 0. The van der Waals surface area contributed by atoms with Crippen LogP contribution in [0.1, 0.15) is 37.6 Å². The highest BCUT2D eigenvalue weighted by molar-refractivity contribution is 6.17. The smallest absolute Gasteiger partial charge is 0.339 e. The van der Waals surface area contributed by atoms with Crippen LogP contribution in [0.25, 0.3) is 21.5 Å². The lowest BCUT2D eigenvalue weighted by molar-refractivity contribution is 0.0509. The molecule has 3 aromatic carbocycles. The minimum atomic E-state index is -0.236. The first-order chi connectivity index (χ1) is 12.2. The summed E-state index contributed by atoms with van der Waals surface area (Å²) < 4.78 is 5.49. The fourth-order valence-electron chi connectivity index (χ4n) is 3.32. The van der Waals surface area contributed by atoms with E-state index in [2.05, 4.69) is 43.0 Å². The SMILES string of the molecule is CCCOC(=O)c1c2ccccc2cc2ccc(N(CC)CC)cc12. The van der Waals surface area contributed by atoms with Gasteiger partial charge in [-0.15, -0.1) is 0 Å². The summed E-state index contributed by atoms with van der Waals surface area (Å²) in [6.07, 6.45) is 0.819. The Morgan fingerprint density at radius 1 is 0.920 bits per heavy atom. The Bertz CT molecular complexity index is 897. The first-order valence-electron chi connectivity index (χ1n) is 9.07. The Hall–Kier alpha value is -2.55. The van der Waals surface area contributed by atoms with Crippen molar-refractivity contribution >= 4 is 33.2 Å². The zero-order chi connectivity index (χ0) is 17.8. The van der Waals surface area contributed by atoms with Gasteiger partial charge in [-0.2, -0.15) is 0 Å². The van der Waals surface area contributed by atoms with Crippen LogP contribution in [0.2, 0.25) is 0 Å². The quantitative estimate of drug-likeness (QED) is 0.446. The van der Waals surface area contributed by atoms with Crippen molar-refractivity contribution in [1.29, 1.82) is 0 Å². The van der Waals surface area contributed by atoms with Gasteiger partial charge in [0.05, 0.1) is 12.2 Å². The van der Waals surface area contributed by atoms with Crippen LogP contribution >= 0.6 is 0 Å². The maximum Gasteiger partial charge on any atom is 0.339 e. The number of esters is 1. The molecule has 3 heteroatoms. The topological polar surface area (TPSA) is 29.5 Å². The van der Waals surface area contributed by atoms with Gasteiger partial charge in [0.1, 0.15) is 0 Å². The second kappa shape index (κ2) is 7.56. The van der Waals surface area contributed by atoms with E-state index >= 15 is 0 Å². The molecule has 0 saturated heterocycles. The van der Waals surface area contributed by atoms with Gasteiger partial charge in [0.2, 0.25) is 0 Å². The van der Waals surface area contributed by atoms with Gasteiger partial charge < -0.3 is 9.64 Å². The summed E-state index contributed by atoms with van der Waals surface area (Å²) in [5.74, 6) is -0.236. The largest absolute Gasteiger partial charge is 0.462 e. The van der Waals surface area contributed by atoms with E-state index in [0.29, 0.717) is 12.2 Å². The molecule has 3 aromatic rings. The summed E-state index contributed by atoms with van der Waals surface area (Å²) in [5.41, 5.74) is 1.81. The Morgan fingerprint density at radius 2 is 1.64 bits per heavy atom. The molecule has 0 heterocycles. The van der Waals surface area contributed by atoms with Crippen molar-refractivity contribution in [2.75, 3.05) is 24.6 Å². The lowest BCUT2D eigenvalue weighted by Gasteiger charge is -2.22. The maximum atomic E-state index is 12.8. The standard InChI is InChI=1S/C22H25NO2/c1-4-13-25-22(24)21-19-10-8-7-9-16(19)14-17-11-12-18(15-20(17)21)23(5-2)6-3/h7-12,14-15H,4-6,13H2,1-3H3. The monoisotopic (exact) mass is 335 g/mol. The molecule has 0 amide bonds. The van der Waals surface area contributed by atoms with E-state index in [1.54, 1.807) is 0 Å². The summed E-state index contributed by atoms with van der Waals surface area (Å²) in [6.45, 7) is 8.61. The molecule has 0 spiro atoms. The molecule has 0 aliphatic rings. The third-order valence-electron chi connectivity index (χ3n) is 4.62. The molecular formula is C22H25NO2. The normalized spacial score (nSPS) is 11.0. The fraction of sp³-hybridized carbons (Fsp3) is 0.318. The van der Waals surface area contributed by atoms with E-state index in [1.165, 1.54) is 0 Å². The highest BCUT2D eigenvalue weighted by atomic mass is 16.5. The zero-order valence-electron chi connectivity index (χ0n) is 15.2. The number of anilines is 1. The molecule has 0 N–H and O–H groups in total. The number of carbonyl (C=O) groups excluding carboxylic acids is 1. The molecule has 0 radical (unpaired) electrons. The van der Waals surface area contributed by atoms with Gasteiger partial charge in [-0.1, -0.05) is 37.3 Å². The molecule has 0 aromatic heterocycles. The molecule has 3 rings (SSSR count). The van der Waals surface area contributed by atoms with Crippen molar-refractivity contribution in [2.24, 2.45) is 0 Å². The lowest BCUT2D eigenvalue weighted by atomic mass is 9.96. The number of benzene rings is 3. The van der Waals surface area contributed by atoms with Gasteiger partial charge >= 0.3 is 5.97 Å². The summed E-state index contributed by atoms with van der Waals surface area (Å²) >= 11 is 0. The Morgan fingerprint density at radius 3 is 2.36 bits per heavy atom. The number of ether oxygens (including phenoxy) is 1. The van der Waals surface area contributed by atoms with Gasteiger partial charge in [-0.3, -0.25) is 0 Å². The molecule has 0 fully saturated rings. The molecule has 3 nitrogen and oxygen atoms in total. The second-order valence-electron chi connectivity index (χ2n) is 6.19. The molecule has 0 saturated carbocycles. The number of nitrogens with zero attached hydrogens (tertiary/aromatic N) is 1. The molecule has 0 unspecified atom stereocenters. The third kappa shape index (κ3) is 3.32. The molecule has 0 aliphatic heterocycles. The molecule has 0 aliphatic carbocycles. The predicted octanol–water partition coefficient (Wildman–Crippen LogP) is 5.41. The van der Waals surface area contributed by atoms with E-state index < -0.39 is 0 Å². The Labute approximate surface area is 149 Å². The van der Waals surface area contributed by atoms with Crippen LogP contribution in [0.4, 0.5) is 5.69 Å². The lowest BCUT2D eigenvalue weighted by Crippen LogP contribution is -2.21. The molecule has 25 heavy (non-hydrogen) atoms. The van der Waals surface area contributed by atoms with Crippen molar-refractivity contribution in [3.05, 3.63) is 54.1 Å². The van der Waals surface area contributed by atoms with Gasteiger partial charge in [0, 0.05) is 18.8 Å². The Kier molecular flexibility index (Phi) is 5.22.